The summed E-state index contributed by atoms with van der Waals surface area (Å²) in [5, 5.41) is 0. The molecule has 2 heterocycles. The zero-order valence-electron chi connectivity index (χ0n) is 5.68. The van der Waals surface area contributed by atoms with Gasteiger partial charge in [0.05, 0.1) is 12.5 Å². The summed E-state index contributed by atoms with van der Waals surface area (Å²) in [6, 6.07) is 0. The van der Waals surface area contributed by atoms with E-state index in [1.807, 2.05) is 0 Å². The predicted molar refractivity (Wildman–Crippen MR) is 38.7 cm³/mol. The molecule has 1 aliphatic heterocycles. The third-order valence-electron chi connectivity index (χ3n) is 1.28. The van der Waals surface area contributed by atoms with Crippen LogP contribution in [0.25, 0.3) is 0 Å². The van der Waals surface area contributed by atoms with E-state index in [0.717, 1.165) is 0 Å². The van der Waals surface area contributed by atoms with Crippen molar-refractivity contribution < 1.29 is 9.31 Å². The highest BCUT2D eigenvalue weighted by Crippen LogP contribution is 1.98. The maximum absolute atomic E-state index is 5.03. The van der Waals surface area contributed by atoms with Gasteiger partial charge in [-0.2, -0.15) is 0 Å². The molecule has 0 bridgehead atoms. The molecular formula is C6H5BN2O2. The lowest BCUT2D eigenvalue weighted by Crippen LogP contribution is -2.34. The summed E-state index contributed by atoms with van der Waals surface area (Å²) in [5.41, 5.74) is 0.678. The molecule has 2 rings (SSSR count). The molecule has 0 aromatic carbocycles. The van der Waals surface area contributed by atoms with Crippen LogP contribution in [0.2, 0.25) is 0 Å². The van der Waals surface area contributed by atoms with E-state index in [1.54, 1.807) is 18.6 Å². The standard InChI is InChI=1S/C6H5BN2O2/c1-2-9-6(5-8-1)7-10-3-4-11-7/h1-5H. The highest BCUT2D eigenvalue weighted by Gasteiger charge is 2.28. The Labute approximate surface area is 64.0 Å². The first-order valence-electron chi connectivity index (χ1n) is 3.19. The second-order valence-electron chi connectivity index (χ2n) is 2.01. The Balaban J connectivity index is 2.17. The van der Waals surface area contributed by atoms with Crippen molar-refractivity contribution in [2.45, 2.75) is 0 Å². The Kier molecular flexibility index (Phi) is 1.48. The molecule has 4 nitrogen and oxygen atoms in total. The van der Waals surface area contributed by atoms with Crippen molar-refractivity contribution in [1.82, 2.24) is 9.97 Å². The molecule has 0 radical (unpaired) electrons. The van der Waals surface area contributed by atoms with E-state index in [1.165, 1.54) is 12.5 Å². The van der Waals surface area contributed by atoms with Crippen molar-refractivity contribution in [3.8, 4) is 0 Å². The van der Waals surface area contributed by atoms with Crippen LogP contribution in [0.3, 0.4) is 0 Å². The number of hydrogen-bond donors (Lipinski definition) is 0. The van der Waals surface area contributed by atoms with Crippen LogP contribution in [-0.4, -0.2) is 17.1 Å². The molecule has 0 spiro atoms. The predicted octanol–water partition coefficient (Wildman–Crippen LogP) is -0.310. The maximum Gasteiger partial charge on any atom is 0.653 e. The van der Waals surface area contributed by atoms with Gasteiger partial charge in [-0.05, 0) is 0 Å². The minimum absolute atomic E-state index is 0.413. The van der Waals surface area contributed by atoms with Crippen LogP contribution >= 0.6 is 0 Å². The first kappa shape index (κ1) is 6.21. The second-order valence-corrected chi connectivity index (χ2v) is 2.01. The zero-order valence-corrected chi connectivity index (χ0v) is 5.68. The molecule has 1 aromatic heterocycles. The molecule has 0 aliphatic carbocycles. The molecule has 11 heavy (non-hydrogen) atoms. The van der Waals surface area contributed by atoms with Gasteiger partial charge in [-0.1, -0.05) is 0 Å². The van der Waals surface area contributed by atoms with Gasteiger partial charge in [0, 0.05) is 18.6 Å². The molecule has 5 heteroatoms. The minimum Gasteiger partial charge on any atom is -0.524 e. The van der Waals surface area contributed by atoms with Gasteiger partial charge in [0.1, 0.15) is 5.59 Å². The summed E-state index contributed by atoms with van der Waals surface area (Å²) in [7, 11) is -0.413. The molecule has 1 aliphatic rings. The summed E-state index contributed by atoms with van der Waals surface area (Å²) >= 11 is 0. The van der Waals surface area contributed by atoms with Crippen molar-refractivity contribution in [2.24, 2.45) is 0 Å². The summed E-state index contributed by atoms with van der Waals surface area (Å²) in [6.45, 7) is 0. The van der Waals surface area contributed by atoms with Gasteiger partial charge >= 0.3 is 7.12 Å². The lowest BCUT2D eigenvalue weighted by Gasteiger charge is -2.00. The summed E-state index contributed by atoms with van der Waals surface area (Å²) in [5.74, 6) is 0. The van der Waals surface area contributed by atoms with Crippen LogP contribution in [0, 0.1) is 0 Å². The molecular weight excluding hydrogens is 143 g/mol. The van der Waals surface area contributed by atoms with E-state index in [0.29, 0.717) is 5.59 Å². The molecule has 0 amide bonds. The van der Waals surface area contributed by atoms with Gasteiger partial charge < -0.3 is 9.31 Å². The van der Waals surface area contributed by atoms with Crippen LogP contribution < -0.4 is 5.59 Å². The smallest absolute Gasteiger partial charge is 0.524 e. The fraction of sp³-hybridized carbons (Fsp3) is 0. The molecule has 54 valence electrons. The van der Waals surface area contributed by atoms with Gasteiger partial charge in [-0.3, -0.25) is 9.97 Å². The first-order valence-corrected chi connectivity index (χ1v) is 3.19. The lowest BCUT2D eigenvalue weighted by molar-refractivity contribution is 0.422. The van der Waals surface area contributed by atoms with Gasteiger partial charge in [-0.15, -0.1) is 0 Å². The van der Waals surface area contributed by atoms with Crippen LogP contribution in [0.1, 0.15) is 0 Å². The van der Waals surface area contributed by atoms with Crippen LogP contribution in [0.15, 0.2) is 31.1 Å². The van der Waals surface area contributed by atoms with Crippen molar-refractivity contribution in [3.05, 3.63) is 31.1 Å². The fourth-order valence-electron chi connectivity index (χ4n) is 0.811. The number of hydrogen-bond acceptors (Lipinski definition) is 4. The van der Waals surface area contributed by atoms with Gasteiger partial charge in [0.25, 0.3) is 0 Å². The van der Waals surface area contributed by atoms with Crippen molar-refractivity contribution in [3.63, 3.8) is 0 Å². The third kappa shape index (κ3) is 1.17. The monoisotopic (exact) mass is 148 g/mol. The van der Waals surface area contributed by atoms with E-state index in [9.17, 15) is 0 Å². The second kappa shape index (κ2) is 2.61. The van der Waals surface area contributed by atoms with E-state index in [2.05, 4.69) is 9.97 Å². The molecule has 0 saturated heterocycles. The Hall–Kier alpha value is -1.52. The zero-order chi connectivity index (χ0) is 7.52. The normalized spacial score (nSPS) is 14.4. The SMILES string of the molecule is C1=COB(c2cnccn2)O1. The molecule has 0 saturated carbocycles. The summed E-state index contributed by atoms with van der Waals surface area (Å²) < 4.78 is 10.1. The minimum atomic E-state index is -0.413. The molecule has 0 atom stereocenters. The van der Waals surface area contributed by atoms with E-state index in [-0.39, 0.29) is 0 Å². The Morgan fingerprint density at radius 1 is 1.18 bits per heavy atom. The third-order valence-corrected chi connectivity index (χ3v) is 1.28. The first-order chi connectivity index (χ1) is 5.47. The Morgan fingerprint density at radius 2 is 2.00 bits per heavy atom. The van der Waals surface area contributed by atoms with Crippen molar-refractivity contribution in [1.29, 1.82) is 0 Å². The average Bonchev–Trinajstić information content (AvgIpc) is 2.58. The largest absolute Gasteiger partial charge is 0.653 e. The topological polar surface area (TPSA) is 44.2 Å². The van der Waals surface area contributed by atoms with Crippen LogP contribution in [0.5, 0.6) is 0 Å². The van der Waals surface area contributed by atoms with E-state index >= 15 is 0 Å². The molecule has 0 unspecified atom stereocenters. The van der Waals surface area contributed by atoms with Gasteiger partial charge in [0.15, 0.2) is 0 Å². The number of nitrogens with zero attached hydrogens (tertiary/aromatic N) is 2. The molecule has 0 fully saturated rings. The van der Waals surface area contributed by atoms with E-state index in [4.69, 9.17) is 9.31 Å². The van der Waals surface area contributed by atoms with E-state index < -0.39 is 7.12 Å². The summed E-state index contributed by atoms with van der Waals surface area (Å²) in [6.07, 6.45) is 7.78. The molecule has 0 N–H and O–H groups in total. The van der Waals surface area contributed by atoms with Crippen molar-refractivity contribution >= 4 is 12.7 Å². The average molecular weight is 148 g/mol. The highest BCUT2D eigenvalue weighted by atomic mass is 16.6. The fourth-order valence-corrected chi connectivity index (χ4v) is 0.811. The number of rotatable bonds is 1. The highest BCUT2D eigenvalue weighted by molar-refractivity contribution is 6.61. The Morgan fingerprint density at radius 3 is 2.64 bits per heavy atom. The Bertz CT molecular complexity index is 257. The van der Waals surface area contributed by atoms with Crippen LogP contribution in [-0.2, 0) is 9.31 Å². The summed E-state index contributed by atoms with van der Waals surface area (Å²) in [4.78, 5) is 7.89. The molecule has 1 aromatic rings. The lowest BCUT2D eigenvalue weighted by atomic mass is 9.86. The van der Waals surface area contributed by atoms with Gasteiger partial charge in [0.2, 0.25) is 0 Å². The maximum atomic E-state index is 5.03. The van der Waals surface area contributed by atoms with Gasteiger partial charge in [-0.25, -0.2) is 0 Å². The quantitative estimate of drug-likeness (QED) is 0.512. The number of aromatic nitrogens is 2. The van der Waals surface area contributed by atoms with Crippen molar-refractivity contribution in [2.75, 3.05) is 0 Å². The van der Waals surface area contributed by atoms with Crippen LogP contribution in [0.4, 0.5) is 0 Å².